The van der Waals surface area contributed by atoms with E-state index in [1.54, 1.807) is 0 Å². The Morgan fingerprint density at radius 1 is 1.15 bits per heavy atom. The molecule has 108 valence electrons. The van der Waals surface area contributed by atoms with Crippen LogP contribution in [0.15, 0.2) is 0 Å². The minimum absolute atomic E-state index is 0.435. The first kappa shape index (κ1) is 11.7. The summed E-state index contributed by atoms with van der Waals surface area (Å²) in [7, 11) is 0. The van der Waals surface area contributed by atoms with Crippen molar-refractivity contribution in [2.75, 3.05) is 6.54 Å². The monoisotopic (exact) mass is 272 g/mol. The van der Waals surface area contributed by atoms with Crippen molar-refractivity contribution < 1.29 is 0 Å². The molecule has 3 aliphatic carbocycles. The lowest BCUT2D eigenvalue weighted by molar-refractivity contribution is 0.383. The molecule has 5 atom stereocenters. The number of rotatable bonds is 3. The number of fused-ring (bicyclic) bond motifs is 6. The minimum Gasteiger partial charge on any atom is -0.312 e. The summed E-state index contributed by atoms with van der Waals surface area (Å²) in [5, 5.41) is 12.8. The van der Waals surface area contributed by atoms with Gasteiger partial charge in [-0.25, -0.2) is 0 Å². The Labute approximate surface area is 120 Å². The lowest BCUT2D eigenvalue weighted by atomic mass is 10.0. The molecule has 20 heavy (non-hydrogen) atoms. The molecule has 2 heterocycles. The van der Waals surface area contributed by atoms with Crippen molar-refractivity contribution in [3.8, 4) is 0 Å². The van der Waals surface area contributed by atoms with Crippen molar-refractivity contribution >= 4 is 0 Å². The van der Waals surface area contributed by atoms with Gasteiger partial charge in [-0.05, 0) is 49.4 Å². The highest BCUT2D eigenvalue weighted by molar-refractivity contribution is 5.25. The molecule has 0 amide bonds. The van der Waals surface area contributed by atoms with E-state index in [0.717, 1.165) is 42.7 Å². The van der Waals surface area contributed by atoms with Gasteiger partial charge in [-0.2, -0.15) is 0 Å². The number of hydrogen-bond acceptors (Lipinski definition) is 3. The van der Waals surface area contributed by atoms with E-state index in [-0.39, 0.29) is 0 Å². The molecule has 0 radical (unpaired) electrons. The summed E-state index contributed by atoms with van der Waals surface area (Å²) in [5.41, 5.74) is 0. The van der Waals surface area contributed by atoms with Crippen molar-refractivity contribution in [2.24, 2.45) is 23.7 Å². The normalized spacial score (nSPS) is 44.5. The largest absolute Gasteiger partial charge is 0.312 e. The highest BCUT2D eigenvalue weighted by Crippen LogP contribution is 2.72. The van der Waals surface area contributed by atoms with E-state index < -0.39 is 0 Å². The Kier molecular flexibility index (Phi) is 2.38. The van der Waals surface area contributed by atoms with E-state index in [0.29, 0.717) is 6.04 Å². The van der Waals surface area contributed by atoms with Crippen LogP contribution in [0.25, 0.3) is 0 Å². The van der Waals surface area contributed by atoms with Crippen LogP contribution in [0.3, 0.4) is 0 Å². The Morgan fingerprint density at radius 3 is 2.65 bits per heavy atom. The van der Waals surface area contributed by atoms with Gasteiger partial charge in [-0.1, -0.05) is 13.3 Å². The van der Waals surface area contributed by atoms with E-state index in [9.17, 15) is 0 Å². The lowest BCUT2D eigenvalue weighted by Gasteiger charge is -2.25. The molecular formula is C16H24N4. The molecule has 3 fully saturated rings. The number of nitrogens with one attached hydrogen (secondary N) is 1. The second kappa shape index (κ2) is 4.06. The standard InChI is InChI=1S/C16H24N4/c1-2-3-11-15-18-19-16(20(15)7-6-17-11)14-12-9-4-5-10(8-9)13(12)14/h9-14,17H,2-8H2,1H3. The van der Waals surface area contributed by atoms with Crippen molar-refractivity contribution in [3.05, 3.63) is 11.6 Å². The average Bonchev–Trinajstić information content (AvgIpc) is 2.86. The summed E-state index contributed by atoms with van der Waals surface area (Å²) < 4.78 is 2.47. The van der Waals surface area contributed by atoms with Gasteiger partial charge in [0.1, 0.15) is 11.6 Å². The van der Waals surface area contributed by atoms with E-state index in [2.05, 4.69) is 27.0 Å². The summed E-state index contributed by atoms with van der Waals surface area (Å²) in [6.45, 7) is 4.40. The van der Waals surface area contributed by atoms with Gasteiger partial charge in [0.25, 0.3) is 0 Å². The highest BCUT2D eigenvalue weighted by Gasteiger charge is 2.66. The molecule has 3 saturated carbocycles. The Hall–Kier alpha value is -0.900. The van der Waals surface area contributed by atoms with E-state index in [1.807, 2.05) is 0 Å². The molecule has 4 aliphatic rings. The second-order valence-electron chi connectivity index (χ2n) is 7.38. The number of nitrogens with zero attached hydrogens (tertiary/aromatic N) is 3. The first-order valence-electron chi connectivity index (χ1n) is 8.55. The summed E-state index contributed by atoms with van der Waals surface area (Å²) >= 11 is 0. The van der Waals surface area contributed by atoms with Crippen LogP contribution in [0.4, 0.5) is 0 Å². The van der Waals surface area contributed by atoms with Crippen molar-refractivity contribution in [1.29, 1.82) is 0 Å². The molecule has 1 aromatic rings. The fourth-order valence-electron chi connectivity index (χ4n) is 5.69. The van der Waals surface area contributed by atoms with Gasteiger partial charge in [0.05, 0.1) is 6.04 Å². The van der Waals surface area contributed by atoms with Crippen molar-refractivity contribution in [3.63, 3.8) is 0 Å². The van der Waals surface area contributed by atoms with Crippen LogP contribution >= 0.6 is 0 Å². The predicted molar refractivity (Wildman–Crippen MR) is 76.2 cm³/mol. The fraction of sp³-hybridized carbons (Fsp3) is 0.875. The smallest absolute Gasteiger partial charge is 0.150 e. The molecular weight excluding hydrogens is 248 g/mol. The van der Waals surface area contributed by atoms with Gasteiger partial charge in [0, 0.05) is 19.0 Å². The Bertz CT molecular complexity index is 521. The van der Waals surface area contributed by atoms with Gasteiger partial charge >= 0.3 is 0 Å². The van der Waals surface area contributed by atoms with Gasteiger partial charge in [-0.15, -0.1) is 10.2 Å². The summed E-state index contributed by atoms with van der Waals surface area (Å²) in [5.74, 6) is 7.32. The molecule has 1 N–H and O–H groups in total. The number of aromatic nitrogens is 3. The third-order valence-electron chi connectivity index (χ3n) is 6.46. The van der Waals surface area contributed by atoms with Crippen LogP contribution in [-0.4, -0.2) is 21.3 Å². The first-order valence-corrected chi connectivity index (χ1v) is 8.55. The Balaban J connectivity index is 1.46. The SMILES string of the molecule is CCCC1NCCn2c1nnc2C1C2C3CCC(C3)C12. The quantitative estimate of drug-likeness (QED) is 0.919. The third-order valence-corrected chi connectivity index (χ3v) is 6.46. The molecule has 2 bridgehead atoms. The van der Waals surface area contributed by atoms with Gasteiger partial charge in [0.15, 0.2) is 0 Å². The minimum atomic E-state index is 0.435. The summed E-state index contributed by atoms with van der Waals surface area (Å²) in [6, 6.07) is 0.435. The van der Waals surface area contributed by atoms with Gasteiger partial charge in [0.2, 0.25) is 0 Å². The van der Waals surface area contributed by atoms with E-state index in [1.165, 1.54) is 43.8 Å². The molecule has 1 aliphatic heterocycles. The summed E-state index contributed by atoms with van der Waals surface area (Å²) in [6.07, 6.45) is 6.89. The van der Waals surface area contributed by atoms with Crippen molar-refractivity contribution in [1.82, 2.24) is 20.1 Å². The molecule has 4 nitrogen and oxygen atoms in total. The zero-order chi connectivity index (χ0) is 13.3. The van der Waals surface area contributed by atoms with Gasteiger partial charge < -0.3 is 9.88 Å². The molecule has 0 saturated heterocycles. The molecule has 1 aromatic heterocycles. The van der Waals surface area contributed by atoms with Crippen LogP contribution in [-0.2, 0) is 6.54 Å². The molecule has 0 spiro atoms. The predicted octanol–water partition coefficient (Wildman–Crippen LogP) is 2.48. The maximum absolute atomic E-state index is 4.64. The maximum atomic E-state index is 4.64. The molecule has 4 heteroatoms. The fourth-order valence-corrected chi connectivity index (χ4v) is 5.69. The number of hydrogen-bond donors (Lipinski definition) is 1. The van der Waals surface area contributed by atoms with Crippen LogP contribution in [0.2, 0.25) is 0 Å². The zero-order valence-electron chi connectivity index (χ0n) is 12.3. The highest BCUT2D eigenvalue weighted by atomic mass is 15.3. The van der Waals surface area contributed by atoms with Crippen LogP contribution in [0, 0.1) is 23.7 Å². The molecule has 5 rings (SSSR count). The molecule has 0 aromatic carbocycles. The van der Waals surface area contributed by atoms with E-state index in [4.69, 9.17) is 0 Å². The first-order chi connectivity index (χ1) is 9.88. The topological polar surface area (TPSA) is 42.7 Å². The average molecular weight is 272 g/mol. The summed E-state index contributed by atoms with van der Waals surface area (Å²) in [4.78, 5) is 0. The van der Waals surface area contributed by atoms with Gasteiger partial charge in [-0.3, -0.25) is 0 Å². The lowest BCUT2D eigenvalue weighted by Crippen LogP contribution is -2.34. The maximum Gasteiger partial charge on any atom is 0.150 e. The second-order valence-corrected chi connectivity index (χ2v) is 7.38. The van der Waals surface area contributed by atoms with Crippen LogP contribution in [0.1, 0.15) is 62.6 Å². The molecule has 5 unspecified atom stereocenters. The van der Waals surface area contributed by atoms with Crippen LogP contribution < -0.4 is 5.32 Å². The van der Waals surface area contributed by atoms with E-state index >= 15 is 0 Å². The third kappa shape index (κ3) is 1.41. The Morgan fingerprint density at radius 2 is 1.90 bits per heavy atom. The van der Waals surface area contributed by atoms with Crippen LogP contribution in [0.5, 0.6) is 0 Å². The van der Waals surface area contributed by atoms with Crippen molar-refractivity contribution in [2.45, 2.75) is 57.5 Å². The zero-order valence-corrected chi connectivity index (χ0v) is 12.3.